The molecule has 0 aromatic heterocycles. The summed E-state index contributed by atoms with van der Waals surface area (Å²) in [4.78, 5) is 28.9. The second-order valence-electron chi connectivity index (χ2n) is 8.30. The minimum Gasteiger partial charge on any atom is -0.330 e. The third kappa shape index (κ3) is 4.67. The molecule has 2 aromatic carbocycles. The number of nitrogens with zero attached hydrogens (tertiary/aromatic N) is 3. The smallest absolute Gasteiger partial charge is 0.312 e. The Morgan fingerprint density at radius 1 is 0.875 bits per heavy atom. The lowest BCUT2D eigenvalue weighted by molar-refractivity contribution is -0.158. The molecule has 0 atom stereocenters. The van der Waals surface area contributed by atoms with Gasteiger partial charge in [-0.3, -0.25) is 9.59 Å². The van der Waals surface area contributed by atoms with Crippen LogP contribution >= 0.6 is 11.6 Å². The van der Waals surface area contributed by atoms with Crippen LogP contribution in [-0.2, 0) is 26.2 Å². The van der Waals surface area contributed by atoms with Gasteiger partial charge in [0.15, 0.2) is 0 Å². The van der Waals surface area contributed by atoms with Crippen LogP contribution in [0.1, 0.15) is 24.0 Å². The van der Waals surface area contributed by atoms with Crippen LogP contribution in [0.5, 0.6) is 0 Å². The van der Waals surface area contributed by atoms with Crippen molar-refractivity contribution in [2.75, 3.05) is 26.2 Å². The summed E-state index contributed by atoms with van der Waals surface area (Å²) in [6.45, 7) is 3.97. The first-order valence-corrected chi connectivity index (χ1v) is 12.5. The number of piperidine rings is 1. The van der Waals surface area contributed by atoms with Crippen LogP contribution in [0.3, 0.4) is 0 Å². The Balaban J connectivity index is 1.36. The lowest BCUT2D eigenvalue weighted by Gasteiger charge is -2.41. The number of benzene rings is 2. The molecule has 0 aliphatic carbocycles. The second-order valence-corrected chi connectivity index (χ2v) is 10.7. The van der Waals surface area contributed by atoms with Gasteiger partial charge in [0.1, 0.15) is 0 Å². The number of sulfonamides is 1. The van der Waals surface area contributed by atoms with Crippen LogP contribution in [0.4, 0.5) is 0 Å². The Morgan fingerprint density at radius 2 is 1.50 bits per heavy atom. The van der Waals surface area contributed by atoms with Crippen molar-refractivity contribution in [3.05, 3.63) is 64.7 Å². The number of rotatable bonds is 5. The third-order valence-electron chi connectivity index (χ3n) is 6.15. The molecule has 170 valence electrons. The van der Waals surface area contributed by atoms with Crippen LogP contribution in [0.15, 0.2) is 53.4 Å². The predicted molar refractivity (Wildman–Crippen MR) is 122 cm³/mol. The van der Waals surface area contributed by atoms with Crippen LogP contribution in [-0.4, -0.2) is 66.6 Å². The van der Waals surface area contributed by atoms with Crippen molar-refractivity contribution in [2.24, 2.45) is 0 Å². The van der Waals surface area contributed by atoms with Crippen molar-refractivity contribution in [3.63, 3.8) is 0 Å². The standard InChI is InChI=1S/C23H26ClN3O4S/c1-17-2-4-18(5-3-17)16-25-14-15-27(23(29)22(25)28)20-10-12-26(13-11-20)32(30,31)21-8-6-19(24)7-9-21/h2-9,20H,10-16H2,1H3. The molecule has 0 radical (unpaired) electrons. The van der Waals surface area contributed by atoms with Crippen LogP contribution in [0, 0.1) is 6.92 Å². The molecule has 0 saturated carbocycles. The van der Waals surface area contributed by atoms with Crippen molar-refractivity contribution < 1.29 is 18.0 Å². The first-order chi connectivity index (χ1) is 15.3. The van der Waals surface area contributed by atoms with Gasteiger partial charge in [0, 0.05) is 43.8 Å². The lowest BCUT2D eigenvalue weighted by Crippen LogP contribution is -2.58. The summed E-state index contributed by atoms with van der Waals surface area (Å²) >= 11 is 5.86. The van der Waals surface area contributed by atoms with E-state index in [1.165, 1.54) is 16.4 Å². The predicted octanol–water partition coefficient (Wildman–Crippen LogP) is 2.67. The Bertz CT molecular complexity index is 1100. The summed E-state index contributed by atoms with van der Waals surface area (Å²) in [5.41, 5.74) is 2.14. The van der Waals surface area contributed by atoms with Gasteiger partial charge in [-0.2, -0.15) is 4.31 Å². The summed E-state index contributed by atoms with van der Waals surface area (Å²) in [5, 5.41) is 0.479. The SMILES string of the molecule is Cc1ccc(CN2CCN(C3CCN(S(=O)(=O)c4ccc(Cl)cc4)CC3)C(=O)C2=O)cc1. The molecule has 0 spiro atoms. The van der Waals surface area contributed by atoms with Crippen molar-refractivity contribution >= 4 is 33.4 Å². The van der Waals surface area contributed by atoms with Gasteiger partial charge in [-0.05, 0) is 49.6 Å². The van der Waals surface area contributed by atoms with Crippen LogP contribution < -0.4 is 0 Å². The molecule has 9 heteroatoms. The van der Waals surface area contributed by atoms with Gasteiger partial charge in [-0.25, -0.2) is 8.42 Å². The number of hydrogen-bond donors (Lipinski definition) is 0. The maximum absolute atomic E-state index is 12.9. The Kier molecular flexibility index (Phi) is 6.55. The fourth-order valence-electron chi connectivity index (χ4n) is 4.25. The zero-order valence-corrected chi connectivity index (χ0v) is 19.5. The van der Waals surface area contributed by atoms with Crippen molar-refractivity contribution in [3.8, 4) is 0 Å². The van der Waals surface area contributed by atoms with E-state index < -0.39 is 21.8 Å². The normalized spacial score (nSPS) is 18.9. The number of hydrogen-bond acceptors (Lipinski definition) is 4. The molecule has 2 heterocycles. The van der Waals surface area contributed by atoms with E-state index in [0.29, 0.717) is 50.6 Å². The van der Waals surface area contributed by atoms with E-state index >= 15 is 0 Å². The molecule has 2 aliphatic heterocycles. The van der Waals surface area contributed by atoms with E-state index in [1.807, 2.05) is 31.2 Å². The zero-order valence-electron chi connectivity index (χ0n) is 17.9. The zero-order chi connectivity index (χ0) is 22.9. The molecule has 2 fully saturated rings. The molecule has 2 amide bonds. The molecule has 32 heavy (non-hydrogen) atoms. The van der Waals surface area contributed by atoms with E-state index in [9.17, 15) is 18.0 Å². The monoisotopic (exact) mass is 475 g/mol. The lowest BCUT2D eigenvalue weighted by atomic mass is 10.0. The molecule has 2 saturated heterocycles. The highest BCUT2D eigenvalue weighted by atomic mass is 35.5. The van der Waals surface area contributed by atoms with E-state index in [1.54, 1.807) is 21.9 Å². The minimum atomic E-state index is -3.61. The van der Waals surface area contributed by atoms with Gasteiger partial charge in [0.05, 0.1) is 4.90 Å². The number of aryl methyl sites for hydroxylation is 1. The maximum atomic E-state index is 12.9. The molecule has 0 bridgehead atoms. The van der Waals surface area contributed by atoms with Gasteiger partial charge in [-0.1, -0.05) is 41.4 Å². The van der Waals surface area contributed by atoms with Gasteiger partial charge in [-0.15, -0.1) is 0 Å². The van der Waals surface area contributed by atoms with E-state index in [4.69, 9.17) is 11.6 Å². The Labute approximate surface area is 193 Å². The summed E-state index contributed by atoms with van der Waals surface area (Å²) in [5.74, 6) is -0.990. The number of halogens is 1. The molecule has 2 aromatic rings. The Hall–Kier alpha value is -2.42. The molecular weight excluding hydrogens is 450 g/mol. The number of piperazine rings is 1. The first kappa shape index (κ1) is 22.8. The summed E-state index contributed by atoms with van der Waals surface area (Å²) in [6.07, 6.45) is 1.01. The van der Waals surface area contributed by atoms with E-state index in [-0.39, 0.29) is 10.9 Å². The number of carbonyl (C=O) groups excluding carboxylic acids is 2. The molecule has 2 aliphatic rings. The number of amides is 2. The van der Waals surface area contributed by atoms with Gasteiger partial charge >= 0.3 is 11.8 Å². The number of carbonyl (C=O) groups is 2. The quantitative estimate of drug-likeness (QED) is 0.623. The van der Waals surface area contributed by atoms with Gasteiger partial charge in [0.2, 0.25) is 10.0 Å². The fraction of sp³-hybridized carbons (Fsp3) is 0.391. The third-order valence-corrected chi connectivity index (χ3v) is 8.32. The average molecular weight is 476 g/mol. The molecule has 0 unspecified atom stereocenters. The van der Waals surface area contributed by atoms with Gasteiger partial charge in [0.25, 0.3) is 0 Å². The van der Waals surface area contributed by atoms with Crippen molar-refractivity contribution in [1.82, 2.24) is 14.1 Å². The highest BCUT2D eigenvalue weighted by molar-refractivity contribution is 7.89. The van der Waals surface area contributed by atoms with Crippen LogP contribution in [0.25, 0.3) is 0 Å². The maximum Gasteiger partial charge on any atom is 0.312 e. The molecule has 7 nitrogen and oxygen atoms in total. The first-order valence-electron chi connectivity index (χ1n) is 10.7. The summed E-state index contributed by atoms with van der Waals surface area (Å²) in [7, 11) is -3.61. The molecule has 0 N–H and O–H groups in total. The van der Waals surface area contributed by atoms with Gasteiger partial charge < -0.3 is 9.80 Å². The van der Waals surface area contributed by atoms with Crippen LogP contribution in [0.2, 0.25) is 5.02 Å². The van der Waals surface area contributed by atoms with Crippen molar-refractivity contribution in [1.29, 1.82) is 0 Å². The summed E-state index contributed by atoms with van der Waals surface area (Å²) in [6, 6.07) is 13.9. The fourth-order valence-corrected chi connectivity index (χ4v) is 5.85. The van der Waals surface area contributed by atoms with E-state index in [0.717, 1.165) is 11.1 Å². The average Bonchev–Trinajstić information content (AvgIpc) is 2.79. The largest absolute Gasteiger partial charge is 0.330 e. The van der Waals surface area contributed by atoms with Crippen molar-refractivity contribution in [2.45, 2.75) is 37.2 Å². The second kappa shape index (κ2) is 9.21. The highest BCUT2D eigenvalue weighted by Gasteiger charge is 2.39. The highest BCUT2D eigenvalue weighted by Crippen LogP contribution is 2.25. The Morgan fingerprint density at radius 3 is 2.12 bits per heavy atom. The summed E-state index contributed by atoms with van der Waals surface area (Å²) < 4.78 is 27.2. The topological polar surface area (TPSA) is 78.0 Å². The molecular formula is C23H26ClN3O4S. The minimum absolute atomic E-state index is 0.135. The van der Waals surface area contributed by atoms with E-state index in [2.05, 4.69) is 0 Å². The molecule has 4 rings (SSSR count).